The summed E-state index contributed by atoms with van der Waals surface area (Å²) in [6, 6.07) is 8.32. The van der Waals surface area contributed by atoms with Gasteiger partial charge in [-0.05, 0) is 49.3 Å². The van der Waals surface area contributed by atoms with E-state index in [1.54, 1.807) is 0 Å². The number of likely N-dealkylation sites (tertiary alicyclic amines) is 1. The summed E-state index contributed by atoms with van der Waals surface area (Å²) in [5.41, 5.74) is 1.18. The van der Waals surface area contributed by atoms with Crippen molar-refractivity contribution in [2.75, 3.05) is 19.6 Å². The second-order valence-corrected chi connectivity index (χ2v) is 6.01. The molecule has 0 saturated carbocycles. The number of piperidine rings is 1. The van der Waals surface area contributed by atoms with Gasteiger partial charge in [0.15, 0.2) is 5.11 Å². The monoisotopic (exact) mass is 311 g/mol. The van der Waals surface area contributed by atoms with Gasteiger partial charge in [-0.25, -0.2) is 0 Å². The smallest absolute Gasteiger partial charge is 0.166 e. The van der Waals surface area contributed by atoms with Crippen molar-refractivity contribution in [1.29, 1.82) is 0 Å². The summed E-state index contributed by atoms with van der Waals surface area (Å²) < 4.78 is 0. The van der Waals surface area contributed by atoms with Crippen molar-refractivity contribution in [3.8, 4) is 0 Å². The van der Waals surface area contributed by atoms with Gasteiger partial charge >= 0.3 is 0 Å². The van der Waals surface area contributed by atoms with E-state index >= 15 is 0 Å². The Hall–Kier alpha value is -0.840. The van der Waals surface area contributed by atoms with Crippen LogP contribution in [0, 0.1) is 0 Å². The lowest BCUT2D eigenvalue weighted by Gasteiger charge is -2.32. The summed E-state index contributed by atoms with van der Waals surface area (Å²) in [6.45, 7) is 6.41. The van der Waals surface area contributed by atoms with Crippen LogP contribution in [0.5, 0.6) is 0 Å². The Morgan fingerprint density at radius 2 is 1.95 bits per heavy atom. The number of benzene rings is 1. The largest absolute Gasteiger partial charge is 0.360 e. The molecule has 1 aliphatic rings. The van der Waals surface area contributed by atoms with Gasteiger partial charge in [-0.1, -0.05) is 30.7 Å². The molecule has 0 radical (unpaired) electrons. The van der Waals surface area contributed by atoms with Crippen LogP contribution < -0.4 is 10.6 Å². The van der Waals surface area contributed by atoms with Crippen LogP contribution in [0.25, 0.3) is 0 Å². The van der Waals surface area contributed by atoms with Crippen molar-refractivity contribution in [2.45, 2.75) is 32.4 Å². The summed E-state index contributed by atoms with van der Waals surface area (Å²) in [5.74, 6) is 0. The average molecular weight is 312 g/mol. The first kappa shape index (κ1) is 15.5. The molecule has 1 aliphatic heterocycles. The molecule has 1 fully saturated rings. The Kier molecular flexibility index (Phi) is 6.07. The molecule has 0 bridgehead atoms. The molecule has 1 aromatic carbocycles. The number of rotatable bonds is 4. The maximum absolute atomic E-state index is 5.86. The molecular weight excluding hydrogens is 290 g/mol. The molecule has 0 spiro atoms. The number of nitrogens with zero attached hydrogens (tertiary/aromatic N) is 1. The Morgan fingerprint density at radius 3 is 2.55 bits per heavy atom. The Balaban J connectivity index is 1.69. The molecule has 0 aliphatic carbocycles. The van der Waals surface area contributed by atoms with E-state index in [0.29, 0.717) is 6.04 Å². The zero-order valence-corrected chi connectivity index (χ0v) is 13.4. The summed E-state index contributed by atoms with van der Waals surface area (Å²) in [4.78, 5) is 2.47. The molecule has 110 valence electrons. The maximum Gasteiger partial charge on any atom is 0.166 e. The van der Waals surface area contributed by atoms with Gasteiger partial charge in [0.1, 0.15) is 0 Å². The zero-order valence-electron chi connectivity index (χ0n) is 11.9. The highest BCUT2D eigenvalue weighted by molar-refractivity contribution is 7.80. The lowest BCUT2D eigenvalue weighted by atomic mass is 10.1. The van der Waals surface area contributed by atoms with Crippen LogP contribution in [0.3, 0.4) is 0 Å². The van der Waals surface area contributed by atoms with Crippen LogP contribution in [0.1, 0.15) is 25.3 Å². The molecule has 2 N–H and O–H groups in total. The van der Waals surface area contributed by atoms with E-state index in [9.17, 15) is 0 Å². The van der Waals surface area contributed by atoms with Crippen molar-refractivity contribution in [1.82, 2.24) is 15.5 Å². The minimum absolute atomic E-state index is 0.503. The third kappa shape index (κ3) is 4.93. The molecule has 1 aromatic rings. The second-order valence-electron chi connectivity index (χ2n) is 5.16. The van der Waals surface area contributed by atoms with Crippen LogP contribution in [0.2, 0.25) is 5.02 Å². The first-order valence-corrected chi connectivity index (χ1v) is 7.97. The molecular formula is C15H22ClN3S. The molecule has 3 nitrogen and oxygen atoms in total. The number of hydrogen-bond donors (Lipinski definition) is 2. The topological polar surface area (TPSA) is 27.3 Å². The van der Waals surface area contributed by atoms with E-state index in [2.05, 4.69) is 22.5 Å². The van der Waals surface area contributed by atoms with Gasteiger partial charge < -0.3 is 15.5 Å². The molecule has 20 heavy (non-hydrogen) atoms. The average Bonchev–Trinajstić information content (AvgIpc) is 2.47. The quantitative estimate of drug-likeness (QED) is 0.836. The van der Waals surface area contributed by atoms with Crippen molar-refractivity contribution in [3.63, 3.8) is 0 Å². The predicted octanol–water partition coefficient (Wildman–Crippen LogP) is 2.79. The van der Waals surface area contributed by atoms with Crippen LogP contribution in [0.15, 0.2) is 24.3 Å². The second kappa shape index (κ2) is 7.81. The molecule has 0 amide bonds. The van der Waals surface area contributed by atoms with Crippen LogP contribution >= 0.6 is 23.8 Å². The van der Waals surface area contributed by atoms with E-state index in [0.717, 1.165) is 49.2 Å². The fourth-order valence-electron chi connectivity index (χ4n) is 2.41. The summed E-state index contributed by atoms with van der Waals surface area (Å²) in [6.07, 6.45) is 2.33. The first-order valence-electron chi connectivity index (χ1n) is 7.18. The molecule has 0 atom stereocenters. The van der Waals surface area contributed by atoms with Gasteiger partial charge in [-0.15, -0.1) is 0 Å². The molecule has 0 unspecified atom stereocenters. The standard InChI is InChI=1S/C15H22ClN3S/c1-2-19-9-7-14(8-10-19)18-15(20)17-11-12-3-5-13(16)6-4-12/h3-6,14H,2,7-11H2,1H3,(H2,17,18,20). The molecule has 2 rings (SSSR count). The zero-order chi connectivity index (χ0) is 14.4. The fraction of sp³-hybridized carbons (Fsp3) is 0.533. The molecule has 1 saturated heterocycles. The summed E-state index contributed by atoms with van der Waals surface area (Å²) in [5, 5.41) is 8.17. The van der Waals surface area contributed by atoms with Gasteiger partial charge in [0.05, 0.1) is 0 Å². The van der Waals surface area contributed by atoms with Crippen molar-refractivity contribution < 1.29 is 0 Å². The summed E-state index contributed by atoms with van der Waals surface area (Å²) in [7, 11) is 0. The highest BCUT2D eigenvalue weighted by atomic mass is 35.5. The Morgan fingerprint density at radius 1 is 1.30 bits per heavy atom. The highest BCUT2D eigenvalue weighted by Gasteiger charge is 2.18. The molecule has 5 heteroatoms. The summed E-state index contributed by atoms with van der Waals surface area (Å²) >= 11 is 11.2. The predicted molar refractivity (Wildman–Crippen MR) is 89.2 cm³/mol. The molecule has 0 aromatic heterocycles. The first-order chi connectivity index (χ1) is 9.67. The minimum atomic E-state index is 0.503. The minimum Gasteiger partial charge on any atom is -0.360 e. The Labute approximate surface area is 131 Å². The van der Waals surface area contributed by atoms with Gasteiger partial charge in [0.25, 0.3) is 0 Å². The molecule has 1 heterocycles. The fourth-order valence-corrected chi connectivity index (χ4v) is 2.78. The van der Waals surface area contributed by atoms with Gasteiger partial charge in [0.2, 0.25) is 0 Å². The highest BCUT2D eigenvalue weighted by Crippen LogP contribution is 2.10. The van der Waals surface area contributed by atoms with E-state index < -0.39 is 0 Å². The van der Waals surface area contributed by atoms with E-state index in [-0.39, 0.29) is 0 Å². The number of nitrogens with one attached hydrogen (secondary N) is 2. The van der Waals surface area contributed by atoms with Crippen LogP contribution in [0.4, 0.5) is 0 Å². The van der Waals surface area contributed by atoms with Crippen LogP contribution in [-0.2, 0) is 6.54 Å². The number of thiocarbonyl (C=S) groups is 1. The lowest BCUT2D eigenvalue weighted by Crippen LogP contribution is -2.47. The van der Waals surface area contributed by atoms with Crippen molar-refractivity contribution in [2.24, 2.45) is 0 Å². The number of hydrogen-bond acceptors (Lipinski definition) is 2. The van der Waals surface area contributed by atoms with E-state index in [4.69, 9.17) is 23.8 Å². The third-order valence-corrected chi connectivity index (χ3v) is 4.25. The van der Waals surface area contributed by atoms with Crippen molar-refractivity contribution >= 4 is 28.9 Å². The third-order valence-electron chi connectivity index (χ3n) is 3.74. The van der Waals surface area contributed by atoms with Gasteiger partial charge in [0, 0.05) is 30.7 Å². The van der Waals surface area contributed by atoms with E-state index in [1.807, 2.05) is 24.3 Å². The van der Waals surface area contributed by atoms with Crippen LogP contribution in [-0.4, -0.2) is 35.7 Å². The van der Waals surface area contributed by atoms with Crippen molar-refractivity contribution in [3.05, 3.63) is 34.9 Å². The maximum atomic E-state index is 5.86. The van der Waals surface area contributed by atoms with Gasteiger partial charge in [-0.2, -0.15) is 0 Å². The normalized spacial score (nSPS) is 16.9. The SMILES string of the molecule is CCN1CCC(NC(=S)NCc2ccc(Cl)cc2)CC1. The van der Waals surface area contributed by atoms with Gasteiger partial charge in [-0.3, -0.25) is 0 Å². The number of halogens is 1. The Bertz CT molecular complexity index is 427. The lowest BCUT2D eigenvalue weighted by molar-refractivity contribution is 0.216. The van der Waals surface area contributed by atoms with E-state index in [1.165, 1.54) is 5.56 Å².